The highest BCUT2D eigenvalue weighted by Gasteiger charge is 2.34. The minimum absolute atomic E-state index is 0.0662. The molecule has 0 spiro atoms. The zero-order chi connectivity index (χ0) is 27.0. The van der Waals surface area contributed by atoms with Gasteiger partial charge >= 0.3 is 0 Å². The molecule has 37 heavy (non-hydrogen) atoms. The van der Waals surface area contributed by atoms with Crippen molar-refractivity contribution in [2.45, 2.75) is 17.8 Å². The zero-order valence-electron chi connectivity index (χ0n) is 19.8. The van der Waals surface area contributed by atoms with Crippen molar-refractivity contribution < 1.29 is 31.5 Å². The van der Waals surface area contributed by atoms with E-state index in [0.29, 0.717) is 35.3 Å². The Kier molecular flexibility index (Phi) is 7.67. The fourth-order valence-corrected chi connectivity index (χ4v) is 6.98. The Morgan fingerprint density at radius 2 is 1.84 bits per heavy atom. The molecule has 0 bridgehead atoms. The number of sulfonamides is 1. The van der Waals surface area contributed by atoms with Gasteiger partial charge in [0, 0.05) is 31.5 Å². The first-order valence-electron chi connectivity index (χ1n) is 11.3. The topological polar surface area (TPSA) is 177 Å². The van der Waals surface area contributed by atoms with E-state index in [1.807, 2.05) is 6.07 Å². The number of carbonyl (C=O) groups excluding carboxylic acids is 2. The summed E-state index contributed by atoms with van der Waals surface area (Å²) >= 11 is 1.05. The molecule has 4 N–H and O–H groups in total. The number of primary sulfonamides is 1. The van der Waals surface area contributed by atoms with Crippen molar-refractivity contribution in [1.82, 2.24) is 15.2 Å². The quantitative estimate of drug-likeness (QED) is 0.356. The van der Waals surface area contributed by atoms with E-state index in [4.69, 9.17) is 5.14 Å². The number of nitrogens with zero attached hydrogens (tertiary/aromatic N) is 2. The second-order valence-electron chi connectivity index (χ2n) is 8.87. The number of rotatable bonds is 8. The van der Waals surface area contributed by atoms with Gasteiger partial charge < -0.3 is 15.3 Å². The number of sulfone groups is 1. The molecule has 2 amide bonds. The molecule has 1 fully saturated rings. The van der Waals surface area contributed by atoms with E-state index in [9.17, 15) is 31.5 Å². The third-order valence-corrected chi connectivity index (χ3v) is 9.20. The van der Waals surface area contributed by atoms with E-state index in [1.54, 1.807) is 41.3 Å². The Morgan fingerprint density at radius 3 is 2.43 bits per heavy atom. The monoisotopic (exact) mass is 566 g/mol. The number of likely N-dealkylation sites (tertiary alicyclic amines) is 1. The number of fused-ring (bicyclic) bond motifs is 1. The number of nitrogens with one attached hydrogen (secondary N) is 1. The lowest BCUT2D eigenvalue weighted by molar-refractivity contribution is -0.120. The number of aromatic nitrogens is 1. The second kappa shape index (κ2) is 10.5. The van der Waals surface area contributed by atoms with E-state index >= 15 is 0 Å². The Bertz CT molecular complexity index is 1550. The summed E-state index contributed by atoms with van der Waals surface area (Å²) in [6.45, 7) is 0.518. The lowest BCUT2D eigenvalue weighted by Gasteiger charge is -2.15. The molecule has 2 heterocycles. The maximum atomic E-state index is 12.6. The van der Waals surface area contributed by atoms with E-state index < -0.39 is 42.9 Å². The van der Waals surface area contributed by atoms with E-state index in [1.165, 1.54) is 0 Å². The first-order chi connectivity index (χ1) is 17.3. The fourth-order valence-electron chi connectivity index (χ4n) is 4.05. The smallest absolute Gasteiger partial charge is 0.253 e. The number of carbonyl (C=O) groups is 2. The van der Waals surface area contributed by atoms with Crippen LogP contribution in [0.5, 0.6) is 0 Å². The minimum atomic E-state index is -3.91. The molecule has 2 aromatic carbocycles. The van der Waals surface area contributed by atoms with Gasteiger partial charge in [0.2, 0.25) is 15.9 Å². The third kappa shape index (κ3) is 6.51. The van der Waals surface area contributed by atoms with Crippen LogP contribution in [-0.2, 0) is 24.7 Å². The van der Waals surface area contributed by atoms with Crippen LogP contribution in [0.2, 0.25) is 0 Å². The summed E-state index contributed by atoms with van der Waals surface area (Å²) in [7, 11) is -7.73. The van der Waals surface area contributed by atoms with Crippen LogP contribution in [0.25, 0.3) is 21.3 Å². The standard InChI is InChI=1S/C23H26N4O7S3/c1-36(31,32)20(21(29)25-9-11-37(24,33)34)22-26-18-7-6-16(12-19(18)35-22)14-2-4-15(5-3-14)23(30)27-10-8-17(28)13-27/h2-7,12,17,20,28H,8-11,13H2,1H3,(H,25,29)(H2,24,33,34)/t17-,20?/m1/s1. The number of aliphatic hydroxyl groups is 1. The molecule has 1 aliphatic rings. The zero-order valence-corrected chi connectivity index (χ0v) is 22.3. The predicted molar refractivity (Wildman–Crippen MR) is 140 cm³/mol. The summed E-state index contributed by atoms with van der Waals surface area (Å²) in [6.07, 6.45) is 0.993. The van der Waals surface area contributed by atoms with Gasteiger partial charge in [0.25, 0.3) is 5.91 Å². The van der Waals surface area contributed by atoms with Gasteiger partial charge in [0.15, 0.2) is 15.1 Å². The molecule has 198 valence electrons. The van der Waals surface area contributed by atoms with Gasteiger partial charge in [-0.15, -0.1) is 11.3 Å². The number of benzene rings is 2. The number of thiazole rings is 1. The number of hydrogen-bond acceptors (Lipinski definition) is 9. The number of nitrogens with two attached hydrogens (primary N) is 1. The summed E-state index contributed by atoms with van der Waals surface area (Å²) in [6, 6.07) is 12.4. The summed E-state index contributed by atoms with van der Waals surface area (Å²) in [5.41, 5.74) is 2.67. The largest absolute Gasteiger partial charge is 0.391 e. The van der Waals surface area contributed by atoms with Gasteiger partial charge in [-0.1, -0.05) is 18.2 Å². The van der Waals surface area contributed by atoms with Gasteiger partial charge in [-0.3, -0.25) is 9.59 Å². The van der Waals surface area contributed by atoms with Crippen molar-refractivity contribution >= 4 is 53.2 Å². The summed E-state index contributed by atoms with van der Waals surface area (Å²) < 4.78 is 47.7. The second-order valence-corrected chi connectivity index (χ2v) is 13.8. The number of hydrogen-bond donors (Lipinski definition) is 3. The first kappa shape index (κ1) is 27.1. The van der Waals surface area contributed by atoms with E-state index in [-0.39, 0.29) is 17.5 Å². The lowest BCUT2D eigenvalue weighted by atomic mass is 10.0. The molecule has 11 nitrogen and oxygen atoms in total. The minimum Gasteiger partial charge on any atom is -0.391 e. The van der Waals surface area contributed by atoms with Crippen molar-refractivity contribution in [3.63, 3.8) is 0 Å². The molecule has 3 aromatic rings. The Balaban J connectivity index is 1.56. The highest BCUT2D eigenvalue weighted by Crippen LogP contribution is 2.33. The molecule has 0 radical (unpaired) electrons. The average molecular weight is 567 g/mol. The van der Waals surface area contributed by atoms with Crippen molar-refractivity contribution in [1.29, 1.82) is 0 Å². The Labute approximate surface area is 218 Å². The third-order valence-electron chi connectivity index (χ3n) is 5.90. The Morgan fingerprint density at radius 1 is 1.16 bits per heavy atom. The first-order valence-corrected chi connectivity index (χ1v) is 15.8. The molecule has 1 aromatic heterocycles. The SMILES string of the molecule is CS(=O)(=O)C(C(=O)NCCS(N)(=O)=O)c1nc2ccc(-c3ccc(C(=O)N4CC[C@@H](O)C4)cc3)cc2s1. The van der Waals surface area contributed by atoms with Gasteiger partial charge in [0.1, 0.15) is 5.01 Å². The number of aliphatic hydroxyl groups excluding tert-OH is 1. The normalized spacial score (nSPS) is 17.2. The van der Waals surface area contributed by atoms with Gasteiger partial charge in [-0.05, 0) is 41.8 Å². The highest BCUT2D eigenvalue weighted by atomic mass is 32.2. The van der Waals surface area contributed by atoms with E-state index in [2.05, 4.69) is 10.3 Å². The van der Waals surface area contributed by atoms with Crippen LogP contribution < -0.4 is 10.5 Å². The van der Waals surface area contributed by atoms with Crippen molar-refractivity contribution in [2.75, 3.05) is 31.6 Å². The molecule has 1 unspecified atom stereocenters. The van der Waals surface area contributed by atoms with Crippen molar-refractivity contribution in [3.8, 4) is 11.1 Å². The maximum absolute atomic E-state index is 12.6. The summed E-state index contributed by atoms with van der Waals surface area (Å²) in [5, 5.41) is 15.4. The van der Waals surface area contributed by atoms with Crippen LogP contribution in [0.1, 0.15) is 27.0 Å². The molecule has 1 saturated heterocycles. The average Bonchev–Trinajstić information content (AvgIpc) is 3.42. The van der Waals surface area contributed by atoms with Gasteiger partial charge in [-0.2, -0.15) is 0 Å². The van der Waals surface area contributed by atoms with E-state index in [0.717, 1.165) is 28.7 Å². The van der Waals surface area contributed by atoms with Crippen LogP contribution in [0.3, 0.4) is 0 Å². The molecular formula is C23H26N4O7S3. The lowest BCUT2D eigenvalue weighted by Crippen LogP contribution is -2.37. The maximum Gasteiger partial charge on any atom is 0.253 e. The fraction of sp³-hybridized carbons (Fsp3) is 0.348. The van der Waals surface area contributed by atoms with Crippen molar-refractivity contribution in [3.05, 3.63) is 53.0 Å². The molecule has 14 heteroatoms. The molecule has 1 aliphatic heterocycles. The van der Waals surface area contributed by atoms with Crippen LogP contribution in [0.15, 0.2) is 42.5 Å². The van der Waals surface area contributed by atoms with Crippen LogP contribution >= 0.6 is 11.3 Å². The van der Waals surface area contributed by atoms with Crippen LogP contribution in [0.4, 0.5) is 0 Å². The highest BCUT2D eigenvalue weighted by molar-refractivity contribution is 7.91. The molecule has 0 saturated carbocycles. The van der Waals surface area contributed by atoms with Crippen LogP contribution in [-0.4, -0.2) is 81.4 Å². The summed E-state index contributed by atoms with van der Waals surface area (Å²) in [4.78, 5) is 31.2. The number of β-amino-alcohol motifs (C(OH)–C–C–N with tert-alkyl or cyclic N) is 1. The van der Waals surface area contributed by atoms with Gasteiger partial charge in [-0.25, -0.2) is 27.0 Å². The van der Waals surface area contributed by atoms with Gasteiger partial charge in [0.05, 0.1) is 22.1 Å². The summed E-state index contributed by atoms with van der Waals surface area (Å²) in [5.74, 6) is -1.54. The van der Waals surface area contributed by atoms with Crippen molar-refractivity contribution in [2.24, 2.45) is 5.14 Å². The molecular weight excluding hydrogens is 540 g/mol. The molecule has 2 atom stereocenters. The predicted octanol–water partition coefficient (Wildman–Crippen LogP) is 0.661. The Hall–Kier alpha value is -2.91. The molecule has 0 aliphatic carbocycles. The number of amides is 2. The van der Waals surface area contributed by atoms with Crippen LogP contribution in [0, 0.1) is 0 Å². The molecule has 4 rings (SSSR count).